The quantitative estimate of drug-likeness (QED) is 0.826. The minimum absolute atomic E-state index is 0.202. The zero-order valence-electron chi connectivity index (χ0n) is 11.4. The number of hydrogen-bond donors (Lipinski definition) is 0. The fraction of sp³-hybridized carbons (Fsp3) is 0.294. The maximum absolute atomic E-state index is 6.20. The number of hydroxylamine groups is 1. The van der Waals surface area contributed by atoms with Crippen molar-refractivity contribution < 1.29 is 4.84 Å². The Morgan fingerprint density at radius 1 is 0.950 bits per heavy atom. The van der Waals surface area contributed by atoms with Crippen LogP contribution in [0.1, 0.15) is 18.4 Å². The highest BCUT2D eigenvalue weighted by Gasteiger charge is 2.34. The number of para-hydroxylation sites is 2. The fourth-order valence-electron chi connectivity index (χ4n) is 3.11. The van der Waals surface area contributed by atoms with Crippen LogP contribution in [0.4, 0.5) is 11.4 Å². The Labute approximate surface area is 119 Å². The average Bonchev–Trinajstić information content (AvgIpc) is 2.97. The SMILES string of the molecule is c1ccc(CN2OC3CCCN3c3ccccc32)cc1. The van der Waals surface area contributed by atoms with Gasteiger partial charge in [-0.2, -0.15) is 0 Å². The molecule has 1 unspecified atom stereocenters. The Bertz CT molecular complexity index is 599. The molecular weight excluding hydrogens is 248 g/mol. The summed E-state index contributed by atoms with van der Waals surface area (Å²) in [5.41, 5.74) is 3.75. The maximum Gasteiger partial charge on any atom is 0.157 e. The second kappa shape index (κ2) is 4.84. The lowest BCUT2D eigenvalue weighted by Gasteiger charge is -2.40. The van der Waals surface area contributed by atoms with Crippen LogP contribution < -0.4 is 9.96 Å². The number of nitrogens with zero attached hydrogens (tertiary/aromatic N) is 2. The summed E-state index contributed by atoms with van der Waals surface area (Å²) in [6.07, 6.45) is 2.52. The lowest BCUT2D eigenvalue weighted by atomic mass is 10.2. The predicted molar refractivity (Wildman–Crippen MR) is 80.5 cm³/mol. The normalized spacial score (nSPS) is 20.7. The molecule has 20 heavy (non-hydrogen) atoms. The highest BCUT2D eigenvalue weighted by Crippen LogP contribution is 2.40. The molecule has 102 valence electrons. The molecule has 2 heterocycles. The first kappa shape index (κ1) is 11.8. The Kier molecular flexibility index (Phi) is 2.85. The molecule has 1 fully saturated rings. The first-order valence-corrected chi connectivity index (χ1v) is 7.26. The van der Waals surface area contributed by atoms with Crippen molar-refractivity contribution in [3.63, 3.8) is 0 Å². The molecule has 0 radical (unpaired) electrons. The lowest BCUT2D eigenvalue weighted by Crippen LogP contribution is -2.43. The van der Waals surface area contributed by atoms with Gasteiger partial charge >= 0.3 is 0 Å². The second-order valence-corrected chi connectivity index (χ2v) is 5.41. The molecule has 3 heteroatoms. The molecule has 2 aromatic rings. The number of benzene rings is 2. The molecule has 1 saturated heterocycles. The topological polar surface area (TPSA) is 15.7 Å². The van der Waals surface area contributed by atoms with E-state index in [1.807, 2.05) is 6.07 Å². The van der Waals surface area contributed by atoms with Gasteiger partial charge < -0.3 is 4.90 Å². The maximum atomic E-state index is 6.20. The largest absolute Gasteiger partial charge is 0.342 e. The molecule has 1 atom stereocenters. The van der Waals surface area contributed by atoms with Gasteiger partial charge in [-0.15, -0.1) is 0 Å². The predicted octanol–water partition coefficient (Wildman–Crippen LogP) is 3.56. The average molecular weight is 266 g/mol. The van der Waals surface area contributed by atoms with Gasteiger partial charge in [0, 0.05) is 6.54 Å². The van der Waals surface area contributed by atoms with E-state index in [-0.39, 0.29) is 6.23 Å². The van der Waals surface area contributed by atoms with Gasteiger partial charge in [0.25, 0.3) is 0 Å². The van der Waals surface area contributed by atoms with Crippen molar-refractivity contribution in [1.82, 2.24) is 0 Å². The van der Waals surface area contributed by atoms with E-state index in [1.54, 1.807) is 0 Å². The van der Waals surface area contributed by atoms with Crippen molar-refractivity contribution in [1.29, 1.82) is 0 Å². The molecule has 4 rings (SSSR count). The summed E-state index contributed by atoms with van der Waals surface area (Å²) in [4.78, 5) is 8.59. The Balaban J connectivity index is 1.68. The van der Waals surface area contributed by atoms with Crippen molar-refractivity contribution in [3.05, 3.63) is 60.2 Å². The van der Waals surface area contributed by atoms with E-state index < -0.39 is 0 Å². The van der Waals surface area contributed by atoms with Crippen molar-refractivity contribution in [2.24, 2.45) is 0 Å². The molecule has 0 saturated carbocycles. The van der Waals surface area contributed by atoms with Crippen LogP contribution in [0.15, 0.2) is 54.6 Å². The van der Waals surface area contributed by atoms with E-state index in [0.717, 1.165) is 19.5 Å². The van der Waals surface area contributed by atoms with Crippen LogP contribution in [0.2, 0.25) is 0 Å². The van der Waals surface area contributed by atoms with Gasteiger partial charge in [0.05, 0.1) is 17.9 Å². The Hall–Kier alpha value is -2.00. The van der Waals surface area contributed by atoms with Crippen LogP contribution in [0, 0.1) is 0 Å². The van der Waals surface area contributed by atoms with E-state index >= 15 is 0 Å². The molecular formula is C17H18N2O. The van der Waals surface area contributed by atoms with Gasteiger partial charge in [0.15, 0.2) is 6.23 Å². The van der Waals surface area contributed by atoms with Gasteiger partial charge in [0.2, 0.25) is 0 Å². The molecule has 0 aromatic heterocycles. The lowest BCUT2D eigenvalue weighted by molar-refractivity contribution is 0.0283. The van der Waals surface area contributed by atoms with Crippen molar-refractivity contribution in [2.75, 3.05) is 16.5 Å². The molecule has 2 aliphatic rings. The van der Waals surface area contributed by atoms with Crippen molar-refractivity contribution >= 4 is 11.4 Å². The van der Waals surface area contributed by atoms with E-state index in [9.17, 15) is 0 Å². The van der Waals surface area contributed by atoms with Gasteiger partial charge in [0.1, 0.15) is 0 Å². The summed E-state index contributed by atoms with van der Waals surface area (Å²) in [6, 6.07) is 19.0. The molecule has 0 amide bonds. The van der Waals surface area contributed by atoms with E-state index in [4.69, 9.17) is 4.84 Å². The zero-order chi connectivity index (χ0) is 13.4. The van der Waals surface area contributed by atoms with Crippen LogP contribution in [0.3, 0.4) is 0 Å². The first-order chi connectivity index (χ1) is 9.92. The monoisotopic (exact) mass is 266 g/mol. The molecule has 0 spiro atoms. The standard InChI is InChI=1S/C17H18N2O/c1-2-7-14(8-3-1)13-19-16-10-5-4-9-15(16)18-12-6-11-17(18)20-19/h1-5,7-10,17H,6,11-13H2. The Morgan fingerprint density at radius 3 is 2.55 bits per heavy atom. The van der Waals surface area contributed by atoms with Crippen LogP contribution in [0.25, 0.3) is 0 Å². The minimum atomic E-state index is 0.202. The van der Waals surface area contributed by atoms with Crippen LogP contribution in [0.5, 0.6) is 0 Å². The van der Waals surface area contributed by atoms with Crippen LogP contribution in [-0.4, -0.2) is 12.8 Å². The summed E-state index contributed by atoms with van der Waals surface area (Å²) in [7, 11) is 0. The smallest absolute Gasteiger partial charge is 0.157 e. The highest BCUT2D eigenvalue weighted by atomic mass is 16.7. The zero-order valence-corrected chi connectivity index (χ0v) is 11.4. The van der Waals surface area contributed by atoms with Gasteiger partial charge in [-0.25, -0.2) is 9.90 Å². The fourth-order valence-corrected chi connectivity index (χ4v) is 3.11. The number of hydrogen-bond acceptors (Lipinski definition) is 3. The second-order valence-electron chi connectivity index (χ2n) is 5.41. The van der Waals surface area contributed by atoms with E-state index in [0.29, 0.717) is 0 Å². The van der Waals surface area contributed by atoms with Gasteiger partial charge in [-0.05, 0) is 30.5 Å². The number of fused-ring (bicyclic) bond motifs is 3. The first-order valence-electron chi connectivity index (χ1n) is 7.26. The molecule has 2 aliphatic heterocycles. The summed E-state index contributed by atoms with van der Waals surface area (Å²) >= 11 is 0. The van der Waals surface area contributed by atoms with Crippen molar-refractivity contribution in [2.45, 2.75) is 25.6 Å². The summed E-state index contributed by atoms with van der Waals surface area (Å²) < 4.78 is 0. The number of rotatable bonds is 2. The highest BCUT2D eigenvalue weighted by molar-refractivity contribution is 5.72. The molecule has 3 nitrogen and oxygen atoms in total. The molecule has 0 N–H and O–H groups in total. The third kappa shape index (κ3) is 1.95. The minimum Gasteiger partial charge on any atom is -0.342 e. The Morgan fingerprint density at radius 2 is 1.70 bits per heavy atom. The molecule has 2 aromatic carbocycles. The summed E-state index contributed by atoms with van der Waals surface area (Å²) in [6.45, 7) is 1.89. The van der Waals surface area contributed by atoms with E-state index in [2.05, 4.69) is 58.5 Å². The van der Waals surface area contributed by atoms with Gasteiger partial charge in [-0.1, -0.05) is 42.5 Å². The molecule has 0 bridgehead atoms. The van der Waals surface area contributed by atoms with Crippen LogP contribution in [-0.2, 0) is 11.4 Å². The third-order valence-corrected chi connectivity index (χ3v) is 4.08. The van der Waals surface area contributed by atoms with Gasteiger partial charge in [-0.3, -0.25) is 0 Å². The summed E-state index contributed by atoms with van der Waals surface area (Å²) in [5.74, 6) is 0. The van der Waals surface area contributed by atoms with E-state index in [1.165, 1.54) is 23.4 Å². The van der Waals surface area contributed by atoms with Crippen LogP contribution >= 0.6 is 0 Å². The molecule has 0 aliphatic carbocycles. The summed E-state index contributed by atoms with van der Waals surface area (Å²) in [5, 5.41) is 2.05. The van der Waals surface area contributed by atoms with Crippen molar-refractivity contribution in [3.8, 4) is 0 Å². The number of anilines is 2. The third-order valence-electron chi connectivity index (χ3n) is 4.08.